The zero-order valence-electron chi connectivity index (χ0n) is 15.5. The predicted molar refractivity (Wildman–Crippen MR) is 109 cm³/mol. The minimum absolute atomic E-state index is 0.0108. The van der Waals surface area contributed by atoms with Crippen LogP contribution in [0.1, 0.15) is 5.56 Å². The Morgan fingerprint density at radius 3 is 2.69 bits per heavy atom. The van der Waals surface area contributed by atoms with Crippen molar-refractivity contribution in [2.45, 2.75) is 11.6 Å². The molecule has 1 aromatic heterocycles. The molecule has 1 heterocycles. The average Bonchev–Trinajstić information content (AvgIpc) is 2.72. The summed E-state index contributed by atoms with van der Waals surface area (Å²) in [5.74, 6) is -1.53. The Morgan fingerprint density at radius 1 is 1.17 bits per heavy atom. The van der Waals surface area contributed by atoms with E-state index >= 15 is 0 Å². The molecular formula is C20H17ClFN3O3S. The minimum atomic E-state index is -0.560. The number of carbonyl (C=O) groups is 2. The van der Waals surface area contributed by atoms with E-state index in [0.717, 1.165) is 11.0 Å². The molecule has 0 unspecified atom stereocenters. The van der Waals surface area contributed by atoms with Gasteiger partial charge >= 0.3 is 5.97 Å². The van der Waals surface area contributed by atoms with Gasteiger partial charge in [-0.15, -0.1) is 0 Å². The molecule has 6 nitrogen and oxygen atoms in total. The predicted octanol–water partition coefficient (Wildman–Crippen LogP) is 3.72. The molecular weight excluding hydrogens is 417 g/mol. The number of hydrogen-bond donors (Lipinski definition) is 0. The Hall–Kier alpha value is -2.71. The average molecular weight is 434 g/mol. The topological polar surface area (TPSA) is 72.4 Å². The van der Waals surface area contributed by atoms with Gasteiger partial charge in [-0.3, -0.25) is 14.6 Å². The van der Waals surface area contributed by atoms with Gasteiger partial charge in [-0.2, -0.15) is 0 Å². The summed E-state index contributed by atoms with van der Waals surface area (Å²) >= 11 is 7.13. The number of rotatable bonds is 7. The van der Waals surface area contributed by atoms with Crippen LogP contribution in [-0.4, -0.2) is 46.2 Å². The lowest BCUT2D eigenvalue weighted by Gasteiger charge is -2.18. The second-order valence-corrected chi connectivity index (χ2v) is 7.50. The highest BCUT2D eigenvalue weighted by Crippen LogP contribution is 2.20. The molecule has 0 radical (unpaired) electrons. The number of hydrogen-bond acceptors (Lipinski definition) is 6. The fourth-order valence-corrected chi connectivity index (χ4v) is 3.31. The van der Waals surface area contributed by atoms with Crippen LogP contribution in [0.4, 0.5) is 4.39 Å². The number of carbonyl (C=O) groups excluding carboxylic acids is 2. The maximum Gasteiger partial charge on any atom is 0.316 e. The number of thioether (sulfide) groups is 1. The number of aromatic nitrogens is 2. The van der Waals surface area contributed by atoms with Gasteiger partial charge < -0.3 is 9.64 Å². The quantitative estimate of drug-likeness (QED) is 0.417. The van der Waals surface area contributed by atoms with Crippen molar-refractivity contribution >= 4 is 46.3 Å². The molecule has 0 atom stereocenters. The highest BCUT2D eigenvalue weighted by molar-refractivity contribution is 7.99. The van der Waals surface area contributed by atoms with E-state index in [1.165, 1.54) is 35.8 Å². The summed E-state index contributed by atoms with van der Waals surface area (Å²) < 4.78 is 18.8. The van der Waals surface area contributed by atoms with Gasteiger partial charge in [-0.05, 0) is 24.3 Å². The molecule has 1 amide bonds. The molecule has 0 fully saturated rings. The van der Waals surface area contributed by atoms with E-state index in [2.05, 4.69) is 9.97 Å². The molecule has 9 heteroatoms. The van der Waals surface area contributed by atoms with Crippen LogP contribution < -0.4 is 0 Å². The molecule has 0 spiro atoms. The first-order valence-corrected chi connectivity index (χ1v) is 9.97. The third kappa shape index (κ3) is 5.65. The van der Waals surface area contributed by atoms with Crippen LogP contribution >= 0.6 is 23.4 Å². The van der Waals surface area contributed by atoms with Gasteiger partial charge in [0.15, 0.2) is 6.61 Å². The van der Waals surface area contributed by atoms with E-state index in [0.29, 0.717) is 5.03 Å². The monoisotopic (exact) mass is 433 g/mol. The lowest BCUT2D eigenvalue weighted by atomic mass is 10.2. The molecule has 150 valence electrons. The van der Waals surface area contributed by atoms with Gasteiger partial charge in [0, 0.05) is 24.2 Å². The lowest BCUT2D eigenvalue weighted by Crippen LogP contribution is -2.31. The molecule has 0 saturated carbocycles. The van der Waals surface area contributed by atoms with Crippen molar-refractivity contribution in [2.75, 3.05) is 19.4 Å². The van der Waals surface area contributed by atoms with E-state index in [9.17, 15) is 14.0 Å². The zero-order valence-corrected chi connectivity index (χ0v) is 17.0. The number of benzene rings is 2. The molecule has 2 aromatic carbocycles. The van der Waals surface area contributed by atoms with Crippen LogP contribution in [0.15, 0.2) is 53.7 Å². The molecule has 3 aromatic rings. The Bertz CT molecular complexity index is 1030. The van der Waals surface area contributed by atoms with Gasteiger partial charge in [-0.1, -0.05) is 41.6 Å². The standard InChI is InChI=1S/C20H17ClFN3O3S/c1-25(10-13-14(21)5-4-6-15(13)22)19(26)11-28-20(27)12-29-18-9-23-16-7-2-3-8-17(16)24-18/h2-9H,10-12H2,1H3. The van der Waals surface area contributed by atoms with Crippen LogP contribution in [0.2, 0.25) is 5.02 Å². The molecule has 0 aliphatic rings. The number of para-hydroxylation sites is 2. The number of ether oxygens (including phenoxy) is 1. The summed E-state index contributed by atoms with van der Waals surface area (Å²) in [5.41, 5.74) is 1.71. The van der Waals surface area contributed by atoms with Crippen LogP contribution in [0.5, 0.6) is 0 Å². The first-order valence-electron chi connectivity index (χ1n) is 8.61. The Kier molecular flexibility index (Phi) is 7.00. The summed E-state index contributed by atoms with van der Waals surface area (Å²) in [5, 5.41) is 0.813. The molecule has 0 N–H and O–H groups in total. The molecule has 0 aliphatic carbocycles. The number of fused-ring (bicyclic) bond motifs is 1. The van der Waals surface area contributed by atoms with E-state index in [1.807, 2.05) is 24.3 Å². The van der Waals surface area contributed by atoms with Gasteiger partial charge in [0.2, 0.25) is 0 Å². The highest BCUT2D eigenvalue weighted by atomic mass is 35.5. The van der Waals surface area contributed by atoms with Gasteiger partial charge in [0.05, 0.1) is 23.0 Å². The maximum absolute atomic E-state index is 13.8. The van der Waals surface area contributed by atoms with Crippen molar-refractivity contribution in [1.29, 1.82) is 0 Å². The Morgan fingerprint density at radius 2 is 1.93 bits per heavy atom. The maximum atomic E-state index is 13.8. The van der Waals surface area contributed by atoms with Crippen molar-refractivity contribution in [3.8, 4) is 0 Å². The number of esters is 1. The number of likely N-dealkylation sites (N-methyl/N-ethyl adjacent to an activating group) is 1. The van der Waals surface area contributed by atoms with Crippen molar-refractivity contribution in [1.82, 2.24) is 14.9 Å². The summed E-state index contributed by atoms with van der Waals surface area (Å²) in [7, 11) is 1.48. The molecule has 0 saturated heterocycles. The Balaban J connectivity index is 1.47. The smallest absolute Gasteiger partial charge is 0.316 e. The van der Waals surface area contributed by atoms with E-state index < -0.39 is 24.3 Å². The molecule has 0 bridgehead atoms. The third-order valence-corrected chi connectivity index (χ3v) is 5.23. The van der Waals surface area contributed by atoms with Crippen molar-refractivity contribution in [3.05, 3.63) is 65.1 Å². The first-order chi connectivity index (χ1) is 13.9. The minimum Gasteiger partial charge on any atom is -0.455 e. The van der Waals surface area contributed by atoms with Crippen LogP contribution in [0.25, 0.3) is 11.0 Å². The van der Waals surface area contributed by atoms with Crippen LogP contribution in [-0.2, 0) is 20.9 Å². The van der Waals surface area contributed by atoms with Crippen LogP contribution in [0, 0.1) is 5.82 Å². The second-order valence-electron chi connectivity index (χ2n) is 6.10. The van der Waals surface area contributed by atoms with E-state index in [4.69, 9.17) is 16.3 Å². The van der Waals surface area contributed by atoms with Gasteiger partial charge in [0.1, 0.15) is 10.8 Å². The van der Waals surface area contributed by atoms with E-state index in [1.54, 1.807) is 12.3 Å². The largest absolute Gasteiger partial charge is 0.455 e. The second kappa shape index (κ2) is 9.67. The summed E-state index contributed by atoms with van der Waals surface area (Å²) in [6.45, 7) is -0.464. The number of amides is 1. The van der Waals surface area contributed by atoms with Gasteiger partial charge in [-0.25, -0.2) is 9.37 Å². The molecule has 0 aliphatic heterocycles. The first kappa shape index (κ1) is 21.0. The fourth-order valence-electron chi connectivity index (χ4n) is 2.45. The number of nitrogens with zero attached hydrogens (tertiary/aromatic N) is 3. The van der Waals surface area contributed by atoms with Crippen molar-refractivity contribution in [3.63, 3.8) is 0 Å². The molecule has 3 rings (SSSR count). The Labute approximate surface area is 176 Å². The lowest BCUT2D eigenvalue weighted by molar-refractivity contribution is -0.149. The SMILES string of the molecule is CN(Cc1c(F)cccc1Cl)C(=O)COC(=O)CSc1cnc2ccccc2n1. The van der Waals surface area contributed by atoms with Crippen LogP contribution in [0.3, 0.4) is 0 Å². The highest BCUT2D eigenvalue weighted by Gasteiger charge is 2.16. The normalized spacial score (nSPS) is 10.7. The van der Waals surface area contributed by atoms with Crippen molar-refractivity contribution in [2.24, 2.45) is 0 Å². The van der Waals surface area contributed by atoms with E-state index in [-0.39, 0.29) is 22.9 Å². The summed E-state index contributed by atoms with van der Waals surface area (Å²) in [4.78, 5) is 34.0. The molecule has 29 heavy (non-hydrogen) atoms. The zero-order chi connectivity index (χ0) is 20.8. The summed E-state index contributed by atoms with van der Waals surface area (Å²) in [6, 6.07) is 11.7. The van der Waals surface area contributed by atoms with Gasteiger partial charge in [0.25, 0.3) is 5.91 Å². The fraction of sp³-hybridized carbons (Fsp3) is 0.200. The summed E-state index contributed by atoms with van der Waals surface area (Å²) in [6.07, 6.45) is 1.58. The number of halogens is 2. The van der Waals surface area contributed by atoms with Crippen molar-refractivity contribution < 1.29 is 18.7 Å². The third-order valence-electron chi connectivity index (χ3n) is 4.00.